The Morgan fingerprint density at radius 3 is 2.63 bits per heavy atom. The van der Waals surface area contributed by atoms with Gasteiger partial charge in [-0.25, -0.2) is 8.42 Å². The summed E-state index contributed by atoms with van der Waals surface area (Å²) < 4.78 is 25.4. The Bertz CT molecular complexity index is 546. The SMILES string of the molecule is CCCNC(=O)CN(c1cccc(Br)c1)S(C)(=O)=O. The number of amides is 1. The fourth-order valence-electron chi connectivity index (χ4n) is 1.48. The molecule has 1 aromatic carbocycles. The predicted molar refractivity (Wildman–Crippen MR) is 79.6 cm³/mol. The topological polar surface area (TPSA) is 66.5 Å². The summed E-state index contributed by atoms with van der Waals surface area (Å²) in [6.45, 7) is 2.26. The summed E-state index contributed by atoms with van der Waals surface area (Å²) in [6, 6.07) is 6.83. The van der Waals surface area contributed by atoms with E-state index in [0.29, 0.717) is 12.2 Å². The summed E-state index contributed by atoms with van der Waals surface area (Å²) in [4.78, 5) is 11.7. The number of hydrogen-bond acceptors (Lipinski definition) is 3. The fraction of sp³-hybridized carbons (Fsp3) is 0.417. The van der Waals surface area contributed by atoms with E-state index >= 15 is 0 Å². The first-order valence-electron chi connectivity index (χ1n) is 5.84. The summed E-state index contributed by atoms with van der Waals surface area (Å²) in [5, 5.41) is 2.66. The van der Waals surface area contributed by atoms with Crippen molar-refractivity contribution in [1.29, 1.82) is 0 Å². The molecule has 0 spiro atoms. The second-order valence-electron chi connectivity index (χ2n) is 4.10. The molecule has 0 atom stereocenters. The molecule has 0 saturated heterocycles. The average molecular weight is 349 g/mol. The van der Waals surface area contributed by atoms with Crippen LogP contribution in [0.1, 0.15) is 13.3 Å². The van der Waals surface area contributed by atoms with Crippen molar-refractivity contribution < 1.29 is 13.2 Å². The van der Waals surface area contributed by atoms with E-state index in [4.69, 9.17) is 0 Å². The molecule has 0 fully saturated rings. The van der Waals surface area contributed by atoms with Crippen LogP contribution >= 0.6 is 15.9 Å². The van der Waals surface area contributed by atoms with Gasteiger partial charge in [0, 0.05) is 11.0 Å². The highest BCUT2D eigenvalue weighted by molar-refractivity contribution is 9.10. The van der Waals surface area contributed by atoms with Crippen LogP contribution in [-0.4, -0.2) is 33.7 Å². The number of nitrogens with zero attached hydrogens (tertiary/aromatic N) is 1. The zero-order chi connectivity index (χ0) is 14.5. The smallest absolute Gasteiger partial charge is 0.240 e. The summed E-state index contributed by atoms with van der Waals surface area (Å²) in [7, 11) is -3.50. The second kappa shape index (κ2) is 6.91. The average Bonchev–Trinajstić information content (AvgIpc) is 2.32. The Morgan fingerprint density at radius 2 is 2.11 bits per heavy atom. The largest absolute Gasteiger partial charge is 0.355 e. The van der Waals surface area contributed by atoms with Crippen LogP contribution in [-0.2, 0) is 14.8 Å². The van der Waals surface area contributed by atoms with Crippen LogP contribution in [0.15, 0.2) is 28.7 Å². The van der Waals surface area contributed by atoms with Crippen molar-refractivity contribution in [3.05, 3.63) is 28.7 Å². The first kappa shape index (κ1) is 16.0. The minimum Gasteiger partial charge on any atom is -0.355 e. The van der Waals surface area contributed by atoms with Gasteiger partial charge in [-0.05, 0) is 24.6 Å². The molecule has 19 heavy (non-hydrogen) atoms. The van der Waals surface area contributed by atoms with Gasteiger partial charge in [0.25, 0.3) is 0 Å². The molecule has 106 valence electrons. The van der Waals surface area contributed by atoms with Crippen molar-refractivity contribution in [1.82, 2.24) is 5.32 Å². The highest BCUT2D eigenvalue weighted by Gasteiger charge is 2.20. The Kier molecular flexibility index (Phi) is 5.81. The summed E-state index contributed by atoms with van der Waals surface area (Å²) >= 11 is 3.28. The van der Waals surface area contributed by atoms with Crippen LogP contribution in [0.25, 0.3) is 0 Å². The lowest BCUT2D eigenvalue weighted by atomic mass is 10.3. The third kappa shape index (κ3) is 5.20. The van der Waals surface area contributed by atoms with Gasteiger partial charge >= 0.3 is 0 Å². The van der Waals surface area contributed by atoms with Gasteiger partial charge in [0.2, 0.25) is 15.9 Å². The molecule has 0 bridgehead atoms. The van der Waals surface area contributed by atoms with Crippen LogP contribution < -0.4 is 9.62 Å². The number of carbonyl (C=O) groups excluding carboxylic acids is 1. The zero-order valence-electron chi connectivity index (χ0n) is 10.9. The van der Waals surface area contributed by atoms with Crippen molar-refractivity contribution in [2.45, 2.75) is 13.3 Å². The molecular formula is C12H17BrN2O3S. The number of rotatable bonds is 6. The molecule has 0 radical (unpaired) electrons. The third-order valence-electron chi connectivity index (χ3n) is 2.36. The predicted octanol–water partition coefficient (Wildman–Crippen LogP) is 1.74. The molecule has 0 unspecified atom stereocenters. The van der Waals surface area contributed by atoms with Crippen LogP contribution in [0.3, 0.4) is 0 Å². The van der Waals surface area contributed by atoms with Crippen LogP contribution in [0.5, 0.6) is 0 Å². The van der Waals surface area contributed by atoms with Crippen LogP contribution in [0.2, 0.25) is 0 Å². The van der Waals surface area contributed by atoms with E-state index in [1.807, 2.05) is 6.92 Å². The molecule has 5 nitrogen and oxygen atoms in total. The lowest BCUT2D eigenvalue weighted by molar-refractivity contribution is -0.119. The first-order chi connectivity index (χ1) is 8.84. The minimum atomic E-state index is -3.50. The van der Waals surface area contributed by atoms with Crippen molar-refractivity contribution in [3.63, 3.8) is 0 Å². The Balaban J connectivity index is 2.94. The standard InChI is InChI=1S/C12H17BrN2O3S/c1-3-7-14-12(16)9-15(19(2,17)18)11-6-4-5-10(13)8-11/h4-6,8H,3,7,9H2,1-2H3,(H,14,16). The van der Waals surface area contributed by atoms with Gasteiger partial charge < -0.3 is 5.32 Å². The van der Waals surface area contributed by atoms with E-state index in [1.165, 1.54) is 0 Å². The Hall–Kier alpha value is -1.08. The maximum atomic E-state index is 11.8. The summed E-state index contributed by atoms with van der Waals surface area (Å²) in [5.74, 6) is -0.313. The van der Waals surface area contributed by atoms with E-state index in [-0.39, 0.29) is 12.5 Å². The van der Waals surface area contributed by atoms with E-state index in [9.17, 15) is 13.2 Å². The molecule has 0 aliphatic rings. The molecule has 1 aromatic rings. The quantitative estimate of drug-likeness (QED) is 0.851. The van der Waals surface area contributed by atoms with Crippen molar-refractivity contribution >= 4 is 37.5 Å². The monoisotopic (exact) mass is 348 g/mol. The van der Waals surface area contributed by atoms with E-state index in [2.05, 4.69) is 21.2 Å². The number of halogens is 1. The Morgan fingerprint density at radius 1 is 1.42 bits per heavy atom. The Labute approximate surface area is 122 Å². The van der Waals surface area contributed by atoms with Gasteiger partial charge in [-0.3, -0.25) is 9.10 Å². The molecule has 1 rings (SSSR count). The molecule has 0 aliphatic heterocycles. The summed E-state index contributed by atoms with van der Waals surface area (Å²) in [5.41, 5.74) is 0.462. The minimum absolute atomic E-state index is 0.213. The molecule has 1 amide bonds. The highest BCUT2D eigenvalue weighted by atomic mass is 79.9. The van der Waals surface area contributed by atoms with E-state index < -0.39 is 10.0 Å². The molecule has 7 heteroatoms. The van der Waals surface area contributed by atoms with E-state index in [1.54, 1.807) is 24.3 Å². The number of hydrogen-bond donors (Lipinski definition) is 1. The lowest BCUT2D eigenvalue weighted by Crippen LogP contribution is -2.40. The third-order valence-corrected chi connectivity index (χ3v) is 3.99. The van der Waals surface area contributed by atoms with Gasteiger partial charge in [-0.15, -0.1) is 0 Å². The molecular weight excluding hydrogens is 332 g/mol. The number of carbonyl (C=O) groups is 1. The van der Waals surface area contributed by atoms with Crippen LogP contribution in [0.4, 0.5) is 5.69 Å². The van der Waals surface area contributed by atoms with Crippen molar-refractivity contribution in [2.75, 3.05) is 23.7 Å². The number of nitrogens with one attached hydrogen (secondary N) is 1. The molecule has 0 aromatic heterocycles. The van der Waals surface area contributed by atoms with E-state index in [0.717, 1.165) is 21.5 Å². The number of sulfonamides is 1. The van der Waals surface area contributed by atoms with Gasteiger partial charge in [-0.1, -0.05) is 28.9 Å². The second-order valence-corrected chi connectivity index (χ2v) is 6.92. The first-order valence-corrected chi connectivity index (χ1v) is 8.48. The maximum Gasteiger partial charge on any atom is 0.240 e. The fourth-order valence-corrected chi connectivity index (χ4v) is 2.72. The molecule has 1 N–H and O–H groups in total. The van der Waals surface area contributed by atoms with Gasteiger partial charge in [-0.2, -0.15) is 0 Å². The van der Waals surface area contributed by atoms with Crippen molar-refractivity contribution in [2.24, 2.45) is 0 Å². The summed E-state index contributed by atoms with van der Waals surface area (Å²) in [6.07, 6.45) is 1.89. The van der Waals surface area contributed by atoms with Gasteiger partial charge in [0.05, 0.1) is 11.9 Å². The highest BCUT2D eigenvalue weighted by Crippen LogP contribution is 2.21. The number of benzene rings is 1. The molecule has 0 saturated carbocycles. The van der Waals surface area contributed by atoms with Gasteiger partial charge in [0.15, 0.2) is 0 Å². The zero-order valence-corrected chi connectivity index (χ0v) is 13.3. The maximum absolute atomic E-state index is 11.8. The molecule has 0 aliphatic carbocycles. The number of anilines is 1. The van der Waals surface area contributed by atoms with Crippen molar-refractivity contribution in [3.8, 4) is 0 Å². The normalized spacial score (nSPS) is 11.1. The molecule has 0 heterocycles. The van der Waals surface area contributed by atoms with Crippen LogP contribution in [0, 0.1) is 0 Å². The van der Waals surface area contributed by atoms with Gasteiger partial charge in [0.1, 0.15) is 6.54 Å². The lowest BCUT2D eigenvalue weighted by Gasteiger charge is -2.22.